The van der Waals surface area contributed by atoms with Crippen molar-refractivity contribution >= 4 is 34.0 Å². The van der Waals surface area contributed by atoms with Gasteiger partial charge in [0.2, 0.25) is 0 Å². The van der Waals surface area contributed by atoms with E-state index in [1.807, 2.05) is 47.8 Å². The van der Waals surface area contributed by atoms with Gasteiger partial charge in [-0.15, -0.1) is 11.3 Å². The maximum atomic E-state index is 13.9. The molecule has 7 rings (SSSR count). The van der Waals surface area contributed by atoms with E-state index in [0.717, 1.165) is 80.7 Å². The monoisotopic (exact) mass is 736 g/mol. The standard InChI is InChI=1S/C42H52N6O4S/c1-42(2,3)35-29-46(30-35)21-23-52-25-24-51-22-20-45-16-18-47(19-17-45)36-13-11-31(12-14-36)33-9-10-34-28-48(40(50)37(34)27-33)38(32-7-5-4-6-8-32)39(49)44-41-43-15-26-53-41/h4-15,26-27,35,38H,16-25,28-30H2,1-3H3,(H,43,44,49). The largest absolute Gasteiger partial charge is 0.378 e. The predicted octanol–water partition coefficient (Wildman–Crippen LogP) is 6.28. The number of aromatic nitrogens is 1. The third-order valence-electron chi connectivity index (χ3n) is 10.9. The molecule has 53 heavy (non-hydrogen) atoms. The number of thiazole rings is 1. The Morgan fingerprint density at radius 2 is 1.55 bits per heavy atom. The van der Waals surface area contributed by atoms with E-state index in [4.69, 9.17) is 9.47 Å². The molecular formula is C42H52N6O4S. The van der Waals surface area contributed by atoms with Crippen LogP contribution in [0.1, 0.15) is 48.3 Å². The van der Waals surface area contributed by atoms with Gasteiger partial charge < -0.3 is 24.2 Å². The molecule has 10 nitrogen and oxygen atoms in total. The van der Waals surface area contributed by atoms with E-state index in [1.165, 1.54) is 30.1 Å². The van der Waals surface area contributed by atoms with Gasteiger partial charge in [-0.2, -0.15) is 0 Å². The number of amides is 2. The molecule has 4 aromatic rings. The molecule has 1 N–H and O–H groups in total. The molecule has 1 aromatic heterocycles. The van der Waals surface area contributed by atoms with E-state index in [2.05, 4.69) is 76.1 Å². The van der Waals surface area contributed by atoms with E-state index in [9.17, 15) is 9.59 Å². The predicted molar refractivity (Wildman–Crippen MR) is 211 cm³/mol. The van der Waals surface area contributed by atoms with Gasteiger partial charge in [-0.05, 0) is 51.8 Å². The fraction of sp³-hybridized carbons (Fsp3) is 0.452. The van der Waals surface area contributed by atoms with Crippen LogP contribution in [0.4, 0.5) is 10.8 Å². The molecule has 3 aliphatic heterocycles. The van der Waals surface area contributed by atoms with Crippen LogP contribution in [0.15, 0.2) is 84.4 Å². The molecule has 1 atom stereocenters. The second-order valence-corrected chi connectivity index (χ2v) is 16.3. The third kappa shape index (κ3) is 9.16. The molecule has 3 aliphatic rings. The van der Waals surface area contributed by atoms with Gasteiger partial charge in [0.1, 0.15) is 6.04 Å². The van der Waals surface area contributed by atoms with Gasteiger partial charge in [0.05, 0.1) is 26.4 Å². The summed E-state index contributed by atoms with van der Waals surface area (Å²) in [5.74, 6) is 0.376. The summed E-state index contributed by atoms with van der Waals surface area (Å²) in [7, 11) is 0. The maximum Gasteiger partial charge on any atom is 0.255 e. The Hall–Kier alpha value is -4.13. The summed E-state index contributed by atoms with van der Waals surface area (Å²) in [6.07, 6.45) is 1.65. The van der Waals surface area contributed by atoms with Crippen molar-refractivity contribution in [3.05, 3.63) is 101 Å². The minimum Gasteiger partial charge on any atom is -0.378 e. The third-order valence-corrected chi connectivity index (χ3v) is 11.6. The maximum absolute atomic E-state index is 13.9. The number of hydrogen-bond donors (Lipinski definition) is 1. The van der Waals surface area contributed by atoms with Crippen LogP contribution in [0.5, 0.6) is 0 Å². The summed E-state index contributed by atoms with van der Waals surface area (Å²) in [5.41, 5.74) is 5.96. The van der Waals surface area contributed by atoms with Gasteiger partial charge in [0, 0.05) is 81.7 Å². The highest BCUT2D eigenvalue weighted by molar-refractivity contribution is 7.13. The molecule has 0 saturated carbocycles. The number of anilines is 2. The van der Waals surface area contributed by atoms with Gasteiger partial charge >= 0.3 is 0 Å². The zero-order valence-corrected chi connectivity index (χ0v) is 32.0. The number of benzene rings is 3. The first-order valence-corrected chi connectivity index (χ1v) is 19.8. The Bertz CT molecular complexity index is 1800. The average molecular weight is 737 g/mol. The summed E-state index contributed by atoms with van der Waals surface area (Å²) < 4.78 is 11.7. The summed E-state index contributed by atoms with van der Waals surface area (Å²) >= 11 is 1.35. The zero-order valence-electron chi connectivity index (χ0n) is 31.2. The lowest BCUT2D eigenvalue weighted by molar-refractivity contribution is -0.120. The Labute approximate surface area is 317 Å². The number of rotatable bonds is 15. The lowest BCUT2D eigenvalue weighted by Crippen LogP contribution is -2.52. The summed E-state index contributed by atoms with van der Waals surface area (Å²) in [4.78, 5) is 40.7. The molecule has 0 radical (unpaired) electrons. The Morgan fingerprint density at radius 3 is 2.21 bits per heavy atom. The van der Waals surface area contributed by atoms with E-state index in [1.54, 1.807) is 11.1 Å². The van der Waals surface area contributed by atoms with Crippen molar-refractivity contribution in [1.82, 2.24) is 19.7 Å². The number of hydrogen-bond acceptors (Lipinski definition) is 9. The van der Waals surface area contributed by atoms with Crippen molar-refractivity contribution in [2.24, 2.45) is 11.3 Å². The molecule has 2 amide bonds. The van der Waals surface area contributed by atoms with Crippen LogP contribution in [0.25, 0.3) is 11.1 Å². The van der Waals surface area contributed by atoms with Crippen molar-refractivity contribution in [3.63, 3.8) is 0 Å². The molecule has 11 heteroatoms. The Morgan fingerprint density at radius 1 is 0.868 bits per heavy atom. The van der Waals surface area contributed by atoms with Gasteiger partial charge in [0.25, 0.3) is 11.8 Å². The summed E-state index contributed by atoms with van der Waals surface area (Å²) in [6, 6.07) is 23.4. The molecule has 2 saturated heterocycles. The van der Waals surface area contributed by atoms with Gasteiger partial charge in [-0.25, -0.2) is 4.98 Å². The lowest BCUT2D eigenvalue weighted by Gasteiger charge is -2.46. The van der Waals surface area contributed by atoms with E-state index >= 15 is 0 Å². The molecule has 3 aromatic carbocycles. The van der Waals surface area contributed by atoms with Crippen LogP contribution in [0.2, 0.25) is 0 Å². The van der Waals surface area contributed by atoms with Gasteiger partial charge in [-0.3, -0.25) is 19.8 Å². The fourth-order valence-electron chi connectivity index (χ4n) is 7.38. The molecular weight excluding hydrogens is 685 g/mol. The molecule has 1 unspecified atom stereocenters. The SMILES string of the molecule is CC(C)(C)C1CN(CCOCCOCCN2CCN(c3ccc(-c4ccc5c(c4)C(=O)N(C(C(=O)Nc4nccs4)c4ccccc4)C5)cc3)CC2)C1. The quantitative estimate of drug-likeness (QED) is 0.143. The second-order valence-electron chi connectivity index (χ2n) is 15.4. The first-order valence-electron chi connectivity index (χ1n) is 18.9. The molecule has 4 heterocycles. The summed E-state index contributed by atoms with van der Waals surface area (Å²) in [5, 5.41) is 5.22. The average Bonchev–Trinajstić information content (AvgIpc) is 3.77. The molecule has 0 aliphatic carbocycles. The van der Waals surface area contributed by atoms with E-state index in [-0.39, 0.29) is 11.8 Å². The highest BCUT2D eigenvalue weighted by atomic mass is 32.1. The molecule has 0 spiro atoms. The zero-order chi connectivity index (χ0) is 36.8. The molecule has 2 fully saturated rings. The van der Waals surface area contributed by atoms with Crippen molar-refractivity contribution in [2.45, 2.75) is 33.4 Å². The number of piperazine rings is 1. The van der Waals surface area contributed by atoms with Gasteiger partial charge in [0.15, 0.2) is 5.13 Å². The van der Waals surface area contributed by atoms with Crippen LogP contribution in [0, 0.1) is 11.3 Å². The van der Waals surface area contributed by atoms with Crippen molar-refractivity contribution in [3.8, 4) is 11.1 Å². The Kier molecular flexibility index (Phi) is 11.9. The van der Waals surface area contributed by atoms with Crippen LogP contribution < -0.4 is 10.2 Å². The van der Waals surface area contributed by atoms with Crippen LogP contribution >= 0.6 is 11.3 Å². The number of nitrogens with zero attached hydrogens (tertiary/aromatic N) is 5. The van der Waals surface area contributed by atoms with Crippen LogP contribution in [0.3, 0.4) is 0 Å². The van der Waals surface area contributed by atoms with Crippen molar-refractivity contribution in [2.75, 3.05) is 89.0 Å². The first-order chi connectivity index (χ1) is 25.7. The lowest BCUT2D eigenvalue weighted by atomic mass is 9.76. The highest BCUT2D eigenvalue weighted by Gasteiger charge is 2.38. The van der Waals surface area contributed by atoms with E-state index < -0.39 is 6.04 Å². The topological polar surface area (TPSA) is 90.5 Å². The van der Waals surface area contributed by atoms with Crippen LogP contribution in [-0.2, 0) is 20.8 Å². The minimum absolute atomic E-state index is 0.148. The number of ether oxygens (including phenoxy) is 2. The van der Waals surface area contributed by atoms with E-state index in [0.29, 0.717) is 35.9 Å². The smallest absolute Gasteiger partial charge is 0.255 e. The second kappa shape index (κ2) is 16.9. The molecule has 0 bridgehead atoms. The highest BCUT2D eigenvalue weighted by Crippen LogP contribution is 2.36. The number of fused-ring (bicyclic) bond motifs is 1. The Balaban J connectivity index is 0.854. The van der Waals surface area contributed by atoms with Crippen LogP contribution in [-0.4, -0.2) is 110 Å². The number of carbonyl (C=O) groups is 2. The van der Waals surface area contributed by atoms with Crippen molar-refractivity contribution in [1.29, 1.82) is 0 Å². The van der Waals surface area contributed by atoms with Crippen molar-refractivity contribution < 1.29 is 19.1 Å². The summed E-state index contributed by atoms with van der Waals surface area (Å²) in [6.45, 7) is 18.4. The van der Waals surface area contributed by atoms with Gasteiger partial charge in [-0.1, -0.05) is 75.4 Å². The number of nitrogens with one attached hydrogen (secondary N) is 1. The normalized spacial score (nSPS) is 17.5. The minimum atomic E-state index is -0.776. The first kappa shape index (κ1) is 37.2. The number of carbonyl (C=O) groups excluding carboxylic acids is 2. The molecule has 280 valence electrons. The fourth-order valence-corrected chi connectivity index (χ4v) is 7.91. The number of likely N-dealkylation sites (tertiary alicyclic amines) is 1.